The van der Waals surface area contributed by atoms with E-state index < -0.39 is 0 Å². The van der Waals surface area contributed by atoms with Gasteiger partial charge < -0.3 is 10.1 Å². The summed E-state index contributed by atoms with van der Waals surface area (Å²) >= 11 is 4.24. The van der Waals surface area contributed by atoms with Gasteiger partial charge in [0.2, 0.25) is 11.9 Å². The fourth-order valence-electron chi connectivity index (χ4n) is 2.55. The average Bonchev–Trinajstić information content (AvgIpc) is 2.58. The highest BCUT2D eigenvalue weighted by Gasteiger charge is 2.14. The van der Waals surface area contributed by atoms with Crippen LogP contribution in [0.25, 0.3) is 10.9 Å². The molecule has 0 bridgehead atoms. The number of fused-ring (bicyclic) bond motifs is 1. The van der Waals surface area contributed by atoms with Crippen molar-refractivity contribution >= 4 is 35.4 Å². The van der Waals surface area contributed by atoms with Crippen LogP contribution in [0.4, 0.5) is 5.95 Å². The van der Waals surface area contributed by atoms with Crippen LogP contribution in [0.1, 0.15) is 12.6 Å². The first-order valence-corrected chi connectivity index (χ1v) is 8.63. The Morgan fingerprint density at radius 2 is 2.25 bits per heavy atom. The molecule has 24 heavy (non-hydrogen) atoms. The number of aryl methyl sites for hydroxylation is 1. The molecule has 2 aromatic rings. The van der Waals surface area contributed by atoms with Gasteiger partial charge in [-0.05, 0) is 19.9 Å². The summed E-state index contributed by atoms with van der Waals surface area (Å²) in [5.41, 5.74) is 1.71. The van der Waals surface area contributed by atoms with E-state index in [0.717, 1.165) is 41.3 Å². The van der Waals surface area contributed by atoms with Crippen LogP contribution in [0.15, 0.2) is 23.2 Å². The van der Waals surface area contributed by atoms with Crippen LogP contribution >= 0.6 is 12.6 Å². The summed E-state index contributed by atoms with van der Waals surface area (Å²) in [5, 5.41) is 7.38. The third kappa shape index (κ3) is 3.70. The Kier molecular flexibility index (Phi) is 5.37. The monoisotopic (exact) mass is 346 g/mol. The maximum atomic E-state index is 5.68. The highest BCUT2D eigenvalue weighted by Crippen LogP contribution is 2.26. The van der Waals surface area contributed by atoms with Gasteiger partial charge in [0.15, 0.2) is 0 Å². The first kappa shape index (κ1) is 16.8. The van der Waals surface area contributed by atoms with Crippen LogP contribution < -0.4 is 15.4 Å². The van der Waals surface area contributed by atoms with Crippen molar-refractivity contribution in [2.45, 2.75) is 13.8 Å². The molecule has 2 N–H and O–H groups in total. The van der Waals surface area contributed by atoms with Crippen molar-refractivity contribution in [3.8, 4) is 5.75 Å². The van der Waals surface area contributed by atoms with Crippen molar-refractivity contribution in [1.82, 2.24) is 20.2 Å². The molecule has 0 unspecified atom stereocenters. The van der Waals surface area contributed by atoms with E-state index in [1.54, 1.807) is 0 Å². The zero-order valence-electron chi connectivity index (χ0n) is 13.9. The molecule has 0 saturated carbocycles. The molecule has 1 aromatic carbocycles. The summed E-state index contributed by atoms with van der Waals surface area (Å²) in [7, 11) is 0. The topological polar surface area (TPSA) is 74.7 Å². The average molecular weight is 346 g/mol. The molecule has 7 nitrogen and oxygen atoms in total. The van der Waals surface area contributed by atoms with E-state index in [1.807, 2.05) is 32.0 Å². The normalized spacial score (nSPS) is 15.0. The number of ether oxygens (including phenoxy) is 1. The Labute approximate surface area is 146 Å². The van der Waals surface area contributed by atoms with Gasteiger partial charge in [-0.1, -0.05) is 12.1 Å². The maximum Gasteiger partial charge on any atom is 0.230 e. The molecule has 0 radical (unpaired) electrons. The Balaban J connectivity index is 1.84. The number of anilines is 1. The highest BCUT2D eigenvalue weighted by atomic mass is 32.1. The van der Waals surface area contributed by atoms with Crippen molar-refractivity contribution in [3.63, 3.8) is 0 Å². The summed E-state index contributed by atoms with van der Waals surface area (Å²) < 4.78 is 5.68. The minimum Gasteiger partial charge on any atom is -0.492 e. The standard InChI is InChI=1S/C16H22N6OS/c1-3-23-13-6-4-5-12-11(2)19-16(20-14(12)13)21-15-17-9-22(7-8-24)10-18-15/h4-6,24H,3,7-10H2,1-2H3,(H2,17,18,19,20,21). The van der Waals surface area contributed by atoms with Gasteiger partial charge in [0.05, 0.1) is 25.6 Å². The highest BCUT2D eigenvalue weighted by molar-refractivity contribution is 7.80. The number of para-hydroxylation sites is 1. The third-order valence-electron chi connectivity index (χ3n) is 3.73. The number of hydrogen-bond donors (Lipinski definition) is 3. The van der Waals surface area contributed by atoms with Crippen LogP contribution in [-0.4, -0.2) is 53.1 Å². The van der Waals surface area contributed by atoms with E-state index in [2.05, 4.69) is 43.1 Å². The van der Waals surface area contributed by atoms with Crippen molar-refractivity contribution in [1.29, 1.82) is 0 Å². The molecule has 0 aliphatic carbocycles. The third-order valence-corrected chi connectivity index (χ3v) is 3.93. The van der Waals surface area contributed by atoms with Crippen LogP contribution in [-0.2, 0) is 0 Å². The molecule has 128 valence electrons. The Bertz CT molecular complexity index is 751. The minimum atomic E-state index is 0.515. The number of nitrogens with zero attached hydrogens (tertiary/aromatic N) is 4. The number of rotatable bonds is 5. The SMILES string of the molecule is CCOc1cccc2c(C)nc(NC3=NCN(CCS)CN3)nc12. The predicted molar refractivity (Wildman–Crippen MR) is 99.9 cm³/mol. The minimum absolute atomic E-state index is 0.515. The molecule has 0 spiro atoms. The Morgan fingerprint density at radius 3 is 2.96 bits per heavy atom. The number of guanidine groups is 1. The van der Waals surface area contributed by atoms with Gasteiger partial charge in [-0.2, -0.15) is 12.6 Å². The van der Waals surface area contributed by atoms with E-state index in [1.165, 1.54) is 0 Å². The number of aliphatic imine (C=N–C) groups is 1. The molecule has 1 aliphatic rings. The largest absolute Gasteiger partial charge is 0.492 e. The van der Waals surface area contributed by atoms with Gasteiger partial charge in [0.1, 0.15) is 11.3 Å². The van der Waals surface area contributed by atoms with E-state index in [9.17, 15) is 0 Å². The van der Waals surface area contributed by atoms with Gasteiger partial charge in [-0.15, -0.1) is 0 Å². The molecule has 1 aromatic heterocycles. The fraction of sp³-hybridized carbons (Fsp3) is 0.438. The van der Waals surface area contributed by atoms with E-state index >= 15 is 0 Å². The number of aromatic nitrogens is 2. The Morgan fingerprint density at radius 1 is 1.38 bits per heavy atom. The van der Waals surface area contributed by atoms with Crippen LogP contribution in [0.2, 0.25) is 0 Å². The fourth-order valence-corrected chi connectivity index (χ4v) is 2.83. The first-order valence-electron chi connectivity index (χ1n) is 8.00. The lowest BCUT2D eigenvalue weighted by molar-refractivity contribution is 0.282. The van der Waals surface area contributed by atoms with E-state index in [0.29, 0.717) is 25.2 Å². The second-order valence-electron chi connectivity index (χ2n) is 5.44. The zero-order chi connectivity index (χ0) is 16.9. The van der Waals surface area contributed by atoms with Gasteiger partial charge in [0, 0.05) is 17.7 Å². The van der Waals surface area contributed by atoms with E-state index in [4.69, 9.17) is 4.74 Å². The lowest BCUT2D eigenvalue weighted by Crippen LogP contribution is -2.46. The number of hydrogen-bond acceptors (Lipinski definition) is 8. The van der Waals surface area contributed by atoms with E-state index in [-0.39, 0.29) is 0 Å². The lowest BCUT2D eigenvalue weighted by atomic mass is 10.2. The number of benzene rings is 1. The molecular weight excluding hydrogens is 324 g/mol. The molecular formula is C16H22N6OS. The predicted octanol–water partition coefficient (Wildman–Crippen LogP) is 1.85. The number of nitrogens with one attached hydrogen (secondary N) is 2. The van der Waals surface area contributed by atoms with Gasteiger partial charge in [-0.3, -0.25) is 10.2 Å². The van der Waals surface area contributed by atoms with Crippen molar-refractivity contribution in [2.24, 2.45) is 4.99 Å². The lowest BCUT2D eigenvalue weighted by Gasteiger charge is -2.26. The number of thiol groups is 1. The zero-order valence-corrected chi connectivity index (χ0v) is 14.8. The molecule has 2 heterocycles. The summed E-state index contributed by atoms with van der Waals surface area (Å²) in [6.07, 6.45) is 0. The smallest absolute Gasteiger partial charge is 0.230 e. The molecule has 0 atom stereocenters. The van der Waals surface area contributed by atoms with Crippen LogP contribution in [0.5, 0.6) is 5.75 Å². The summed E-state index contributed by atoms with van der Waals surface area (Å²) in [6.45, 7) is 6.78. The quantitative estimate of drug-likeness (QED) is 0.718. The summed E-state index contributed by atoms with van der Waals surface area (Å²) in [5.74, 6) is 2.77. The van der Waals surface area contributed by atoms with Crippen molar-refractivity contribution in [2.75, 3.05) is 37.6 Å². The summed E-state index contributed by atoms with van der Waals surface area (Å²) in [4.78, 5) is 15.8. The second-order valence-corrected chi connectivity index (χ2v) is 5.89. The van der Waals surface area contributed by atoms with Crippen LogP contribution in [0, 0.1) is 6.92 Å². The molecule has 8 heteroatoms. The van der Waals surface area contributed by atoms with Gasteiger partial charge in [0.25, 0.3) is 0 Å². The van der Waals surface area contributed by atoms with Crippen molar-refractivity contribution < 1.29 is 4.74 Å². The van der Waals surface area contributed by atoms with Crippen molar-refractivity contribution in [3.05, 3.63) is 23.9 Å². The molecule has 1 aliphatic heterocycles. The second kappa shape index (κ2) is 7.67. The van der Waals surface area contributed by atoms with Crippen LogP contribution in [0.3, 0.4) is 0 Å². The van der Waals surface area contributed by atoms with Gasteiger partial charge in [-0.25, -0.2) is 15.0 Å². The maximum absolute atomic E-state index is 5.68. The first-order chi connectivity index (χ1) is 11.7. The molecule has 0 saturated heterocycles. The molecule has 0 fully saturated rings. The molecule has 3 rings (SSSR count). The summed E-state index contributed by atoms with van der Waals surface area (Å²) in [6, 6.07) is 5.88. The Hall–Kier alpha value is -2.06. The molecule has 0 amide bonds. The van der Waals surface area contributed by atoms with Gasteiger partial charge >= 0.3 is 0 Å².